The zero-order valence-electron chi connectivity index (χ0n) is 9.49. The van der Waals surface area contributed by atoms with E-state index in [-0.39, 0.29) is 10.0 Å². The maximum absolute atomic E-state index is 13.2. The minimum absolute atomic E-state index is 0.0534. The van der Waals surface area contributed by atoms with Crippen LogP contribution >= 0.6 is 23.2 Å². The van der Waals surface area contributed by atoms with E-state index < -0.39 is 5.82 Å². The molecule has 0 spiro atoms. The second-order valence-electron chi connectivity index (χ2n) is 3.94. The summed E-state index contributed by atoms with van der Waals surface area (Å²) in [6.45, 7) is 4.24. The lowest BCUT2D eigenvalue weighted by Crippen LogP contribution is -2.14. The molecule has 90 valence electrons. The minimum Gasteiger partial charge on any atom is -0.383 e. The molecule has 1 unspecified atom stereocenters. The molecule has 1 nitrogen and oxygen atoms in total. The Morgan fingerprint density at radius 3 is 2.38 bits per heavy atom. The Morgan fingerprint density at radius 2 is 1.88 bits per heavy atom. The van der Waals surface area contributed by atoms with Gasteiger partial charge in [0.15, 0.2) is 5.82 Å². The lowest BCUT2D eigenvalue weighted by atomic mass is 10.1. The predicted molar refractivity (Wildman–Crippen MR) is 69.0 cm³/mol. The van der Waals surface area contributed by atoms with Crippen molar-refractivity contribution in [1.82, 2.24) is 0 Å². The first kappa shape index (κ1) is 13.6. The van der Waals surface area contributed by atoms with Gasteiger partial charge in [-0.2, -0.15) is 0 Å². The highest BCUT2D eigenvalue weighted by Crippen LogP contribution is 2.27. The van der Waals surface area contributed by atoms with Crippen LogP contribution in [0.15, 0.2) is 12.1 Å². The van der Waals surface area contributed by atoms with Gasteiger partial charge in [-0.3, -0.25) is 0 Å². The van der Waals surface area contributed by atoms with Crippen molar-refractivity contribution in [2.75, 3.05) is 5.32 Å². The van der Waals surface area contributed by atoms with Crippen LogP contribution in [0.3, 0.4) is 0 Å². The number of halogens is 3. The molecule has 0 amide bonds. The van der Waals surface area contributed by atoms with Crippen molar-refractivity contribution in [2.45, 2.75) is 39.2 Å². The van der Waals surface area contributed by atoms with Crippen molar-refractivity contribution in [1.29, 1.82) is 0 Å². The molecule has 0 aliphatic carbocycles. The second-order valence-corrected chi connectivity index (χ2v) is 4.76. The average Bonchev–Trinajstić information content (AvgIpc) is 2.23. The smallest absolute Gasteiger partial charge is 0.160 e. The number of nitrogens with one attached hydrogen (secondary N) is 1. The molecule has 4 heteroatoms. The van der Waals surface area contributed by atoms with Crippen molar-refractivity contribution >= 4 is 28.9 Å². The first-order chi connectivity index (χ1) is 7.54. The summed E-state index contributed by atoms with van der Waals surface area (Å²) in [7, 11) is 0. The van der Waals surface area contributed by atoms with Crippen molar-refractivity contribution in [3.63, 3.8) is 0 Å². The molecule has 16 heavy (non-hydrogen) atoms. The van der Waals surface area contributed by atoms with E-state index >= 15 is 0 Å². The van der Waals surface area contributed by atoms with Gasteiger partial charge in [0, 0.05) is 11.7 Å². The van der Waals surface area contributed by atoms with Crippen molar-refractivity contribution < 1.29 is 4.39 Å². The Morgan fingerprint density at radius 1 is 1.31 bits per heavy atom. The largest absolute Gasteiger partial charge is 0.383 e. The molecule has 1 N–H and O–H groups in total. The Balaban J connectivity index is 2.67. The Kier molecular flexibility index (Phi) is 5.36. The van der Waals surface area contributed by atoms with Gasteiger partial charge >= 0.3 is 0 Å². The fraction of sp³-hybridized carbons (Fsp3) is 0.500. The van der Waals surface area contributed by atoms with Crippen molar-refractivity contribution in [2.24, 2.45) is 0 Å². The predicted octanol–water partition coefficient (Wildman–Crippen LogP) is 5.12. The normalized spacial score (nSPS) is 12.6. The number of hydrogen-bond acceptors (Lipinski definition) is 1. The van der Waals surface area contributed by atoms with Crippen LogP contribution in [0.4, 0.5) is 10.1 Å². The summed E-state index contributed by atoms with van der Waals surface area (Å²) in [5.41, 5.74) is 0.764. The van der Waals surface area contributed by atoms with E-state index in [1.807, 2.05) is 0 Å². The van der Waals surface area contributed by atoms with E-state index in [1.165, 1.54) is 0 Å². The van der Waals surface area contributed by atoms with E-state index in [0.717, 1.165) is 24.9 Å². The third-order valence-corrected chi connectivity index (χ3v) is 2.94. The number of anilines is 1. The third kappa shape index (κ3) is 3.84. The number of benzene rings is 1. The van der Waals surface area contributed by atoms with E-state index in [9.17, 15) is 4.39 Å². The van der Waals surface area contributed by atoms with Crippen LogP contribution < -0.4 is 5.32 Å². The molecule has 0 saturated heterocycles. The first-order valence-corrected chi connectivity index (χ1v) is 6.21. The summed E-state index contributed by atoms with van der Waals surface area (Å²) >= 11 is 11.4. The van der Waals surface area contributed by atoms with Gasteiger partial charge in [0.25, 0.3) is 0 Å². The molecule has 0 saturated carbocycles. The Hall–Kier alpha value is -0.470. The lowest BCUT2D eigenvalue weighted by Gasteiger charge is -2.15. The maximum Gasteiger partial charge on any atom is 0.160 e. The van der Waals surface area contributed by atoms with Gasteiger partial charge in [-0.1, -0.05) is 43.0 Å². The third-order valence-electron chi connectivity index (χ3n) is 2.39. The molecular formula is C12H16Cl2FN. The molecule has 0 radical (unpaired) electrons. The molecule has 1 aromatic carbocycles. The SMILES string of the molecule is CCCCC(C)Nc1cc(Cl)c(F)c(Cl)c1. The van der Waals surface area contributed by atoms with Gasteiger partial charge in [0.2, 0.25) is 0 Å². The zero-order chi connectivity index (χ0) is 12.1. The van der Waals surface area contributed by atoms with E-state index in [0.29, 0.717) is 6.04 Å². The Bertz CT molecular complexity index is 332. The molecule has 1 atom stereocenters. The highest BCUT2D eigenvalue weighted by Gasteiger charge is 2.09. The first-order valence-electron chi connectivity index (χ1n) is 5.45. The molecule has 0 aliphatic heterocycles. The zero-order valence-corrected chi connectivity index (χ0v) is 11.0. The highest BCUT2D eigenvalue weighted by atomic mass is 35.5. The van der Waals surface area contributed by atoms with Gasteiger partial charge in [0.05, 0.1) is 10.0 Å². The van der Waals surface area contributed by atoms with E-state index in [2.05, 4.69) is 19.2 Å². The van der Waals surface area contributed by atoms with Gasteiger partial charge in [-0.05, 0) is 25.5 Å². The summed E-state index contributed by atoms with van der Waals surface area (Å²) in [5, 5.41) is 3.36. The van der Waals surface area contributed by atoms with Crippen LogP contribution in [0.2, 0.25) is 10.0 Å². The summed E-state index contributed by atoms with van der Waals surface area (Å²) in [4.78, 5) is 0. The van der Waals surface area contributed by atoms with Crippen LogP contribution in [-0.4, -0.2) is 6.04 Å². The molecule has 0 fully saturated rings. The molecule has 1 rings (SSSR count). The molecule has 0 bridgehead atoms. The monoisotopic (exact) mass is 263 g/mol. The lowest BCUT2D eigenvalue weighted by molar-refractivity contribution is 0.627. The maximum atomic E-state index is 13.2. The van der Waals surface area contributed by atoms with Crippen LogP contribution in [0.1, 0.15) is 33.1 Å². The average molecular weight is 264 g/mol. The van der Waals surface area contributed by atoms with Gasteiger partial charge in [-0.25, -0.2) is 4.39 Å². The van der Waals surface area contributed by atoms with E-state index in [1.54, 1.807) is 12.1 Å². The van der Waals surface area contributed by atoms with Crippen molar-refractivity contribution in [3.05, 3.63) is 28.0 Å². The van der Waals surface area contributed by atoms with Crippen LogP contribution in [0.5, 0.6) is 0 Å². The van der Waals surface area contributed by atoms with Crippen LogP contribution in [-0.2, 0) is 0 Å². The van der Waals surface area contributed by atoms with Gasteiger partial charge in [-0.15, -0.1) is 0 Å². The van der Waals surface area contributed by atoms with Crippen molar-refractivity contribution in [3.8, 4) is 0 Å². The number of hydrogen-bond donors (Lipinski definition) is 1. The van der Waals surface area contributed by atoms with E-state index in [4.69, 9.17) is 23.2 Å². The summed E-state index contributed by atoms with van der Waals surface area (Å²) in [5.74, 6) is -0.560. The van der Waals surface area contributed by atoms with Gasteiger partial charge < -0.3 is 5.32 Å². The minimum atomic E-state index is -0.560. The fourth-order valence-electron chi connectivity index (χ4n) is 1.51. The van der Waals surface area contributed by atoms with Crippen LogP contribution in [0, 0.1) is 5.82 Å². The quantitative estimate of drug-likeness (QED) is 0.727. The standard InChI is InChI=1S/C12H16Cl2FN/c1-3-4-5-8(2)16-9-6-10(13)12(15)11(14)7-9/h6-8,16H,3-5H2,1-2H3. The number of rotatable bonds is 5. The summed E-state index contributed by atoms with van der Waals surface area (Å²) in [6, 6.07) is 3.45. The molecule has 0 aliphatic rings. The second kappa shape index (κ2) is 6.31. The highest BCUT2D eigenvalue weighted by molar-refractivity contribution is 6.35. The molecule has 1 aromatic rings. The summed E-state index contributed by atoms with van der Waals surface area (Å²) < 4.78 is 13.2. The fourth-order valence-corrected chi connectivity index (χ4v) is 1.99. The van der Waals surface area contributed by atoms with Gasteiger partial charge in [0.1, 0.15) is 0 Å². The van der Waals surface area contributed by atoms with Crippen LogP contribution in [0.25, 0.3) is 0 Å². The number of unbranched alkanes of at least 4 members (excludes halogenated alkanes) is 1. The molecule has 0 heterocycles. The molecule has 0 aromatic heterocycles. The summed E-state index contributed by atoms with van der Waals surface area (Å²) in [6.07, 6.45) is 3.40. The topological polar surface area (TPSA) is 12.0 Å². The Labute approximate surface area is 106 Å². The molecular weight excluding hydrogens is 248 g/mol.